The summed E-state index contributed by atoms with van der Waals surface area (Å²) >= 11 is 0. The highest BCUT2D eigenvalue weighted by atomic mass is 16.6. The third-order valence-corrected chi connectivity index (χ3v) is 3.87. The van der Waals surface area contributed by atoms with Gasteiger partial charge in [-0.1, -0.05) is 18.2 Å². The molecule has 0 aromatic heterocycles. The predicted molar refractivity (Wildman–Crippen MR) is 87.7 cm³/mol. The van der Waals surface area contributed by atoms with Crippen molar-refractivity contribution in [2.75, 3.05) is 0 Å². The summed E-state index contributed by atoms with van der Waals surface area (Å²) in [5, 5.41) is 21.2. The standard InChI is InChI=1S/C17H17N3O3/c1-10-6-11(2)17(21)14(7-10)16-9-15(18-19-16)12-4-3-5-13(8-12)20(22)23/h3-9,15,18-19,21H,1-2H3. The summed E-state index contributed by atoms with van der Waals surface area (Å²) in [6, 6.07) is 10.1. The Bertz CT molecular complexity index is 815. The van der Waals surface area contributed by atoms with E-state index in [-0.39, 0.29) is 17.5 Å². The average Bonchev–Trinajstić information content (AvgIpc) is 3.00. The molecule has 6 heteroatoms. The number of rotatable bonds is 3. The summed E-state index contributed by atoms with van der Waals surface area (Å²) in [4.78, 5) is 10.5. The van der Waals surface area contributed by atoms with Gasteiger partial charge < -0.3 is 10.5 Å². The zero-order chi connectivity index (χ0) is 16.6. The number of nitro benzene ring substituents is 1. The highest BCUT2D eigenvalue weighted by Gasteiger charge is 2.21. The van der Waals surface area contributed by atoms with Crippen LogP contribution in [0.4, 0.5) is 5.69 Å². The number of phenols is 1. The van der Waals surface area contributed by atoms with Gasteiger partial charge in [-0.2, -0.15) is 0 Å². The topological polar surface area (TPSA) is 87.4 Å². The number of hydrazine groups is 1. The van der Waals surface area contributed by atoms with Gasteiger partial charge >= 0.3 is 0 Å². The van der Waals surface area contributed by atoms with Crippen LogP contribution >= 0.6 is 0 Å². The van der Waals surface area contributed by atoms with Crippen LogP contribution in [0.1, 0.15) is 28.3 Å². The fourth-order valence-corrected chi connectivity index (χ4v) is 2.74. The third-order valence-electron chi connectivity index (χ3n) is 3.87. The molecular formula is C17H17N3O3. The van der Waals surface area contributed by atoms with Crippen molar-refractivity contribution in [2.45, 2.75) is 19.9 Å². The van der Waals surface area contributed by atoms with Gasteiger partial charge in [0.1, 0.15) is 5.75 Å². The minimum atomic E-state index is -0.410. The number of non-ortho nitro benzene ring substituents is 1. The fraction of sp³-hybridized carbons (Fsp3) is 0.176. The van der Waals surface area contributed by atoms with Crippen LogP contribution in [0.3, 0.4) is 0 Å². The molecule has 2 aromatic rings. The maximum atomic E-state index is 10.9. The van der Waals surface area contributed by atoms with Crippen LogP contribution in [-0.4, -0.2) is 10.0 Å². The van der Waals surface area contributed by atoms with Crippen LogP contribution in [0.2, 0.25) is 0 Å². The van der Waals surface area contributed by atoms with E-state index in [0.29, 0.717) is 5.56 Å². The van der Waals surface area contributed by atoms with Crippen LogP contribution in [0.25, 0.3) is 5.70 Å². The Morgan fingerprint density at radius 2 is 2.00 bits per heavy atom. The number of nitrogens with one attached hydrogen (secondary N) is 2. The Morgan fingerprint density at radius 3 is 2.74 bits per heavy atom. The molecule has 23 heavy (non-hydrogen) atoms. The van der Waals surface area contributed by atoms with Gasteiger partial charge in [0.25, 0.3) is 5.69 Å². The average molecular weight is 311 g/mol. The molecule has 1 atom stereocenters. The molecule has 118 valence electrons. The summed E-state index contributed by atoms with van der Waals surface area (Å²) in [5.41, 5.74) is 10.3. The Labute approximate surface area is 133 Å². The first-order chi connectivity index (χ1) is 11.0. The number of hydrogen-bond acceptors (Lipinski definition) is 5. The molecule has 3 rings (SSSR count). The molecule has 2 aromatic carbocycles. The Morgan fingerprint density at radius 1 is 1.22 bits per heavy atom. The van der Waals surface area contributed by atoms with Crippen molar-refractivity contribution in [3.8, 4) is 5.75 Å². The lowest BCUT2D eigenvalue weighted by Crippen LogP contribution is -2.26. The Kier molecular flexibility index (Phi) is 3.75. The van der Waals surface area contributed by atoms with Gasteiger partial charge in [-0.3, -0.25) is 10.1 Å². The normalized spacial score (nSPS) is 16.8. The van der Waals surface area contributed by atoms with Crippen molar-refractivity contribution in [1.29, 1.82) is 0 Å². The first-order valence-electron chi connectivity index (χ1n) is 7.24. The first-order valence-corrected chi connectivity index (χ1v) is 7.24. The molecule has 0 aliphatic carbocycles. The quantitative estimate of drug-likeness (QED) is 0.599. The highest BCUT2D eigenvalue weighted by molar-refractivity contribution is 5.72. The lowest BCUT2D eigenvalue weighted by molar-refractivity contribution is -0.384. The van der Waals surface area contributed by atoms with E-state index in [4.69, 9.17) is 0 Å². The molecule has 6 nitrogen and oxygen atoms in total. The van der Waals surface area contributed by atoms with Gasteiger partial charge in [0.15, 0.2) is 0 Å². The second kappa shape index (κ2) is 5.73. The van der Waals surface area contributed by atoms with Gasteiger partial charge in [-0.25, -0.2) is 5.43 Å². The summed E-state index contributed by atoms with van der Waals surface area (Å²) in [6.45, 7) is 3.82. The van der Waals surface area contributed by atoms with Crippen LogP contribution in [0.5, 0.6) is 5.75 Å². The molecule has 3 N–H and O–H groups in total. The molecule has 1 unspecified atom stereocenters. The van der Waals surface area contributed by atoms with Gasteiger partial charge in [0, 0.05) is 17.7 Å². The SMILES string of the molecule is Cc1cc(C)c(O)c(C2=CC(c3cccc([N+](=O)[O-])c3)NN2)c1. The van der Waals surface area contributed by atoms with Crippen LogP contribution < -0.4 is 10.9 Å². The number of nitrogens with zero attached hydrogens (tertiary/aromatic N) is 1. The van der Waals surface area contributed by atoms with Crippen LogP contribution in [0.15, 0.2) is 42.5 Å². The summed E-state index contributed by atoms with van der Waals surface area (Å²) in [5.74, 6) is 0.232. The second-order valence-electron chi connectivity index (χ2n) is 5.66. The number of aryl methyl sites for hydroxylation is 2. The molecule has 0 saturated heterocycles. The minimum absolute atomic E-state index is 0.0559. The van der Waals surface area contributed by atoms with Crippen molar-refractivity contribution >= 4 is 11.4 Å². The number of nitro groups is 1. The zero-order valence-electron chi connectivity index (χ0n) is 12.8. The van der Waals surface area contributed by atoms with Gasteiger partial charge in [-0.05, 0) is 42.7 Å². The Balaban J connectivity index is 1.95. The van der Waals surface area contributed by atoms with Gasteiger partial charge in [0.2, 0.25) is 0 Å². The van der Waals surface area contributed by atoms with Gasteiger partial charge in [0.05, 0.1) is 16.7 Å². The molecule has 1 aliphatic heterocycles. The van der Waals surface area contributed by atoms with E-state index in [1.54, 1.807) is 12.1 Å². The summed E-state index contributed by atoms with van der Waals surface area (Å²) in [7, 11) is 0. The molecule has 0 saturated carbocycles. The summed E-state index contributed by atoms with van der Waals surface area (Å²) < 4.78 is 0. The molecule has 0 amide bonds. The zero-order valence-corrected chi connectivity index (χ0v) is 12.8. The maximum Gasteiger partial charge on any atom is 0.269 e. The number of aromatic hydroxyl groups is 1. The van der Waals surface area contributed by atoms with Crippen molar-refractivity contribution < 1.29 is 10.0 Å². The molecule has 0 fully saturated rings. The van der Waals surface area contributed by atoms with E-state index in [1.807, 2.05) is 38.1 Å². The maximum absolute atomic E-state index is 10.9. The fourth-order valence-electron chi connectivity index (χ4n) is 2.74. The lowest BCUT2D eigenvalue weighted by atomic mass is 10.0. The molecule has 0 bridgehead atoms. The van der Waals surface area contributed by atoms with E-state index in [9.17, 15) is 15.2 Å². The molecular weight excluding hydrogens is 294 g/mol. The van der Waals surface area contributed by atoms with Crippen LogP contribution in [-0.2, 0) is 0 Å². The number of phenolic OH excluding ortho intramolecular Hbond substituents is 1. The monoisotopic (exact) mass is 311 g/mol. The van der Waals surface area contributed by atoms with Crippen molar-refractivity contribution in [3.05, 3.63) is 74.8 Å². The Hall–Kier alpha value is -2.86. The summed E-state index contributed by atoms with van der Waals surface area (Å²) in [6.07, 6.45) is 1.91. The second-order valence-corrected chi connectivity index (χ2v) is 5.66. The largest absolute Gasteiger partial charge is 0.507 e. The van der Waals surface area contributed by atoms with Crippen molar-refractivity contribution in [3.63, 3.8) is 0 Å². The molecule has 0 radical (unpaired) electrons. The van der Waals surface area contributed by atoms with E-state index in [1.165, 1.54) is 6.07 Å². The minimum Gasteiger partial charge on any atom is -0.507 e. The van der Waals surface area contributed by atoms with Crippen molar-refractivity contribution in [1.82, 2.24) is 10.9 Å². The number of hydrogen-bond donors (Lipinski definition) is 3. The molecule has 1 heterocycles. The van der Waals surface area contributed by atoms with E-state index >= 15 is 0 Å². The third kappa shape index (κ3) is 2.89. The number of benzene rings is 2. The van der Waals surface area contributed by atoms with E-state index in [2.05, 4.69) is 10.9 Å². The van der Waals surface area contributed by atoms with Crippen molar-refractivity contribution in [2.24, 2.45) is 0 Å². The molecule has 0 spiro atoms. The van der Waals surface area contributed by atoms with E-state index < -0.39 is 4.92 Å². The van der Waals surface area contributed by atoms with Crippen LogP contribution in [0, 0.1) is 24.0 Å². The predicted octanol–water partition coefficient (Wildman–Crippen LogP) is 3.11. The first kappa shape index (κ1) is 15.1. The lowest BCUT2D eigenvalue weighted by Gasteiger charge is -2.11. The smallest absolute Gasteiger partial charge is 0.269 e. The van der Waals surface area contributed by atoms with Gasteiger partial charge in [-0.15, -0.1) is 0 Å². The van der Waals surface area contributed by atoms with E-state index in [0.717, 1.165) is 22.4 Å². The molecule has 1 aliphatic rings. The highest BCUT2D eigenvalue weighted by Crippen LogP contribution is 2.32.